The quantitative estimate of drug-likeness (QED) is 0.921. The number of hydrogen-bond acceptors (Lipinski definition) is 4. The van der Waals surface area contributed by atoms with Crippen molar-refractivity contribution in [2.45, 2.75) is 24.8 Å². The van der Waals surface area contributed by atoms with Crippen LogP contribution in [0, 0.1) is 0 Å². The number of rotatable bonds is 5. The number of sulfonamides is 1. The molecule has 1 aromatic heterocycles. The summed E-state index contributed by atoms with van der Waals surface area (Å²) in [5, 5.41) is 5.22. The minimum atomic E-state index is -3.44. The predicted octanol–water partition coefficient (Wildman–Crippen LogP) is 2.93. The van der Waals surface area contributed by atoms with Crippen LogP contribution < -0.4 is 5.32 Å². The SMILES string of the molecule is CCN(Cc1cccs1)S(=O)(=O)c1ccc2c(c1)CCN2. The Morgan fingerprint density at radius 2 is 2.19 bits per heavy atom. The van der Waals surface area contributed by atoms with Crippen LogP contribution in [-0.2, 0) is 23.0 Å². The lowest BCUT2D eigenvalue weighted by Gasteiger charge is -2.20. The number of hydrogen-bond donors (Lipinski definition) is 1. The summed E-state index contributed by atoms with van der Waals surface area (Å²) in [6.45, 7) is 3.66. The van der Waals surface area contributed by atoms with Crippen LogP contribution in [-0.4, -0.2) is 25.8 Å². The Bertz CT molecular complexity index is 724. The molecule has 3 rings (SSSR count). The first kappa shape index (κ1) is 14.6. The second-order valence-corrected chi connectivity index (χ2v) is 7.98. The molecule has 4 nitrogen and oxygen atoms in total. The van der Waals surface area contributed by atoms with Gasteiger partial charge in [0.05, 0.1) is 4.90 Å². The molecule has 1 N–H and O–H groups in total. The van der Waals surface area contributed by atoms with E-state index in [4.69, 9.17) is 0 Å². The van der Waals surface area contributed by atoms with Gasteiger partial charge in [0.1, 0.15) is 0 Å². The van der Waals surface area contributed by atoms with Crippen LogP contribution in [0.4, 0.5) is 5.69 Å². The van der Waals surface area contributed by atoms with E-state index in [1.165, 1.54) is 4.31 Å². The molecule has 0 aliphatic carbocycles. The van der Waals surface area contributed by atoms with Crippen molar-refractivity contribution in [3.05, 3.63) is 46.2 Å². The zero-order chi connectivity index (χ0) is 14.9. The number of nitrogens with zero attached hydrogens (tertiary/aromatic N) is 1. The van der Waals surface area contributed by atoms with E-state index < -0.39 is 10.0 Å². The molecule has 0 amide bonds. The molecule has 112 valence electrons. The zero-order valence-corrected chi connectivity index (χ0v) is 13.5. The fourth-order valence-electron chi connectivity index (χ4n) is 2.53. The van der Waals surface area contributed by atoms with Crippen LogP contribution >= 0.6 is 11.3 Å². The van der Waals surface area contributed by atoms with Crippen molar-refractivity contribution in [3.63, 3.8) is 0 Å². The molecular formula is C15H18N2O2S2. The number of benzene rings is 1. The molecule has 0 fully saturated rings. The van der Waals surface area contributed by atoms with E-state index in [0.29, 0.717) is 18.0 Å². The average Bonchev–Trinajstić information content (AvgIpc) is 3.14. The van der Waals surface area contributed by atoms with Crippen LogP contribution in [0.2, 0.25) is 0 Å². The maximum absolute atomic E-state index is 12.8. The van der Waals surface area contributed by atoms with Gasteiger partial charge in [0.25, 0.3) is 0 Å². The molecule has 0 unspecified atom stereocenters. The van der Waals surface area contributed by atoms with Crippen molar-refractivity contribution in [1.82, 2.24) is 4.31 Å². The van der Waals surface area contributed by atoms with Crippen molar-refractivity contribution in [2.75, 3.05) is 18.4 Å². The molecule has 0 spiro atoms. The minimum absolute atomic E-state index is 0.392. The van der Waals surface area contributed by atoms with E-state index in [-0.39, 0.29) is 0 Å². The van der Waals surface area contributed by atoms with Gasteiger partial charge in [-0.05, 0) is 41.6 Å². The van der Waals surface area contributed by atoms with E-state index >= 15 is 0 Å². The summed E-state index contributed by atoms with van der Waals surface area (Å²) in [4.78, 5) is 1.45. The molecule has 0 radical (unpaired) electrons. The van der Waals surface area contributed by atoms with Gasteiger partial charge in [0.15, 0.2) is 0 Å². The highest BCUT2D eigenvalue weighted by Crippen LogP contribution is 2.27. The van der Waals surface area contributed by atoms with Crippen molar-refractivity contribution in [3.8, 4) is 0 Å². The average molecular weight is 322 g/mol. The fourth-order valence-corrected chi connectivity index (χ4v) is 4.81. The maximum Gasteiger partial charge on any atom is 0.243 e. The lowest BCUT2D eigenvalue weighted by Crippen LogP contribution is -2.30. The first-order chi connectivity index (χ1) is 10.1. The Hall–Kier alpha value is -1.37. The summed E-state index contributed by atoms with van der Waals surface area (Å²) in [5.74, 6) is 0. The molecule has 0 saturated carbocycles. The molecule has 0 bridgehead atoms. The van der Waals surface area contributed by atoms with Crippen LogP contribution in [0.15, 0.2) is 40.6 Å². The molecule has 2 aromatic rings. The first-order valence-electron chi connectivity index (χ1n) is 7.00. The summed E-state index contributed by atoms with van der Waals surface area (Å²) in [7, 11) is -3.44. The molecule has 1 aromatic carbocycles. The Balaban J connectivity index is 1.91. The van der Waals surface area contributed by atoms with Crippen molar-refractivity contribution in [1.29, 1.82) is 0 Å². The van der Waals surface area contributed by atoms with Gasteiger partial charge < -0.3 is 5.32 Å². The Kier molecular flexibility index (Phi) is 4.01. The Morgan fingerprint density at radius 1 is 1.33 bits per heavy atom. The first-order valence-corrected chi connectivity index (χ1v) is 9.32. The third-order valence-corrected chi connectivity index (χ3v) is 6.47. The zero-order valence-electron chi connectivity index (χ0n) is 11.9. The molecular weight excluding hydrogens is 304 g/mol. The van der Waals surface area contributed by atoms with Crippen LogP contribution in [0.3, 0.4) is 0 Å². The predicted molar refractivity (Wildman–Crippen MR) is 86.2 cm³/mol. The second kappa shape index (κ2) is 5.79. The lowest BCUT2D eigenvalue weighted by atomic mass is 10.2. The van der Waals surface area contributed by atoms with Crippen LogP contribution in [0.25, 0.3) is 0 Å². The number of nitrogens with one attached hydrogen (secondary N) is 1. The van der Waals surface area contributed by atoms with E-state index in [2.05, 4.69) is 5.32 Å². The molecule has 6 heteroatoms. The number of fused-ring (bicyclic) bond motifs is 1. The topological polar surface area (TPSA) is 49.4 Å². The molecule has 0 atom stereocenters. The molecule has 21 heavy (non-hydrogen) atoms. The Labute approximate surface area is 129 Å². The van der Waals surface area contributed by atoms with Crippen LogP contribution in [0.1, 0.15) is 17.4 Å². The molecule has 1 aliphatic heterocycles. The van der Waals surface area contributed by atoms with Crippen molar-refractivity contribution >= 4 is 27.0 Å². The third-order valence-electron chi connectivity index (χ3n) is 3.69. The van der Waals surface area contributed by atoms with Gasteiger partial charge in [-0.25, -0.2) is 8.42 Å². The second-order valence-electron chi connectivity index (χ2n) is 5.01. The number of anilines is 1. The largest absolute Gasteiger partial charge is 0.384 e. The van der Waals surface area contributed by atoms with E-state index in [9.17, 15) is 8.42 Å². The lowest BCUT2D eigenvalue weighted by molar-refractivity contribution is 0.426. The van der Waals surface area contributed by atoms with Gasteiger partial charge in [0, 0.05) is 30.2 Å². The highest BCUT2D eigenvalue weighted by atomic mass is 32.2. The van der Waals surface area contributed by atoms with Gasteiger partial charge >= 0.3 is 0 Å². The highest BCUT2D eigenvalue weighted by molar-refractivity contribution is 7.89. The monoisotopic (exact) mass is 322 g/mol. The fraction of sp³-hybridized carbons (Fsp3) is 0.333. The normalized spacial score (nSPS) is 14.2. The van der Waals surface area contributed by atoms with Gasteiger partial charge in [-0.3, -0.25) is 0 Å². The summed E-state index contributed by atoms with van der Waals surface area (Å²) >= 11 is 1.58. The van der Waals surface area contributed by atoms with Gasteiger partial charge in [0.2, 0.25) is 10.0 Å². The molecule has 0 saturated heterocycles. The van der Waals surface area contributed by atoms with Crippen molar-refractivity contribution < 1.29 is 8.42 Å². The summed E-state index contributed by atoms with van der Waals surface area (Å²) in [6.07, 6.45) is 0.885. The van der Waals surface area contributed by atoms with E-state index in [1.54, 1.807) is 17.4 Å². The third kappa shape index (κ3) is 2.84. The standard InChI is InChI=1S/C15H18N2O2S2/c1-2-17(11-13-4-3-9-20-13)21(18,19)14-5-6-15-12(10-14)7-8-16-15/h3-6,9-10,16H,2,7-8,11H2,1H3. The smallest absolute Gasteiger partial charge is 0.243 e. The number of thiophene rings is 1. The van der Waals surface area contributed by atoms with Crippen LogP contribution in [0.5, 0.6) is 0 Å². The van der Waals surface area contributed by atoms with E-state index in [0.717, 1.165) is 29.1 Å². The minimum Gasteiger partial charge on any atom is -0.384 e. The van der Waals surface area contributed by atoms with Gasteiger partial charge in [-0.1, -0.05) is 13.0 Å². The van der Waals surface area contributed by atoms with Gasteiger partial charge in [-0.2, -0.15) is 4.31 Å². The van der Waals surface area contributed by atoms with Gasteiger partial charge in [-0.15, -0.1) is 11.3 Å². The maximum atomic E-state index is 12.8. The summed E-state index contributed by atoms with van der Waals surface area (Å²) < 4.78 is 27.1. The molecule has 1 aliphatic rings. The summed E-state index contributed by atoms with van der Waals surface area (Å²) in [5.41, 5.74) is 2.14. The highest BCUT2D eigenvalue weighted by Gasteiger charge is 2.25. The summed E-state index contributed by atoms with van der Waals surface area (Å²) in [6, 6.07) is 9.29. The van der Waals surface area contributed by atoms with Crippen molar-refractivity contribution in [2.24, 2.45) is 0 Å². The Morgan fingerprint density at radius 3 is 2.90 bits per heavy atom. The molecule has 2 heterocycles. The van der Waals surface area contributed by atoms with E-state index in [1.807, 2.05) is 36.6 Å².